The zero-order valence-electron chi connectivity index (χ0n) is 19.1. The average Bonchev–Trinajstić information content (AvgIpc) is 2.80. The fourth-order valence-electron chi connectivity index (χ4n) is 4.05. The summed E-state index contributed by atoms with van der Waals surface area (Å²) in [7, 11) is 0. The number of hydrogen-bond donors (Lipinski definition) is 0. The van der Waals surface area contributed by atoms with Gasteiger partial charge in [-0.05, 0) is 44.4 Å². The second kappa shape index (κ2) is 9.12. The van der Waals surface area contributed by atoms with Gasteiger partial charge in [0.1, 0.15) is 17.4 Å². The summed E-state index contributed by atoms with van der Waals surface area (Å²) in [5, 5.41) is 0. The summed E-state index contributed by atoms with van der Waals surface area (Å²) in [6.45, 7) is 10.8. The minimum atomic E-state index is -0.650. The number of benzene rings is 1. The molecule has 0 amide bonds. The predicted molar refractivity (Wildman–Crippen MR) is 124 cm³/mol. The number of ketones is 1. The van der Waals surface area contributed by atoms with Gasteiger partial charge in [-0.1, -0.05) is 18.2 Å². The monoisotopic (exact) mass is 431 g/mol. The third-order valence-corrected chi connectivity index (χ3v) is 6.06. The van der Waals surface area contributed by atoms with E-state index in [2.05, 4.69) is 25.9 Å². The van der Waals surface area contributed by atoms with Gasteiger partial charge in [-0.3, -0.25) is 9.78 Å². The largest absolute Gasteiger partial charge is 0.378 e. The van der Waals surface area contributed by atoms with E-state index in [4.69, 9.17) is 9.72 Å². The maximum Gasteiger partial charge on any atom is 0.148 e. The molecule has 1 aliphatic rings. The number of hydrogen-bond acceptors (Lipinski definition) is 7. The highest BCUT2D eigenvalue weighted by Gasteiger charge is 2.31. The van der Waals surface area contributed by atoms with Crippen molar-refractivity contribution in [2.24, 2.45) is 0 Å². The van der Waals surface area contributed by atoms with Crippen LogP contribution < -0.4 is 4.90 Å². The van der Waals surface area contributed by atoms with Crippen molar-refractivity contribution in [2.45, 2.75) is 39.5 Å². The minimum Gasteiger partial charge on any atom is -0.378 e. The maximum absolute atomic E-state index is 13.3. The Morgan fingerprint density at radius 2 is 1.75 bits per heavy atom. The summed E-state index contributed by atoms with van der Waals surface area (Å²) in [6, 6.07) is 6.17. The number of nitrogens with zero attached hydrogens (tertiary/aromatic N) is 5. The molecule has 1 aliphatic heterocycles. The molecule has 0 atom stereocenters. The van der Waals surface area contributed by atoms with Gasteiger partial charge in [0.15, 0.2) is 0 Å². The van der Waals surface area contributed by atoms with E-state index in [1.165, 1.54) is 0 Å². The summed E-state index contributed by atoms with van der Waals surface area (Å²) in [5.41, 5.74) is 4.12. The molecule has 0 saturated carbocycles. The number of morpholine rings is 1. The number of carbonyl (C=O) groups is 1. The number of aryl methyl sites for hydroxylation is 2. The van der Waals surface area contributed by atoms with Crippen LogP contribution in [0, 0.1) is 13.8 Å². The van der Waals surface area contributed by atoms with Crippen LogP contribution >= 0.6 is 0 Å². The standard InChI is InChI=1S/C25H29N5O2/c1-17-11-19(20-13-27-18(2)28-14-20)5-6-22(17)25(3,4)23(31)12-21-15-26-16-24(29-21)30-7-9-32-10-8-30/h5-6,11,13-16H,7-10,12H2,1-4H3. The van der Waals surface area contributed by atoms with Gasteiger partial charge in [-0.25, -0.2) is 15.0 Å². The molecule has 7 heteroatoms. The highest BCUT2D eigenvalue weighted by Crippen LogP contribution is 2.31. The molecule has 1 saturated heterocycles. The zero-order chi connectivity index (χ0) is 22.7. The van der Waals surface area contributed by atoms with Crippen LogP contribution in [0.1, 0.15) is 36.5 Å². The first kappa shape index (κ1) is 22.0. The summed E-state index contributed by atoms with van der Waals surface area (Å²) < 4.78 is 5.41. The molecule has 0 unspecified atom stereocenters. The van der Waals surface area contributed by atoms with E-state index in [0.29, 0.717) is 18.9 Å². The van der Waals surface area contributed by atoms with Crippen LogP contribution in [-0.4, -0.2) is 52.0 Å². The quantitative estimate of drug-likeness (QED) is 0.591. The van der Waals surface area contributed by atoms with Gasteiger partial charge in [0.05, 0.1) is 31.5 Å². The van der Waals surface area contributed by atoms with Crippen LogP contribution in [0.4, 0.5) is 5.82 Å². The SMILES string of the molecule is Cc1ncc(-c2ccc(C(C)(C)C(=O)Cc3cncc(N4CCOCC4)n3)c(C)c2)cn1. The fraction of sp³-hybridized carbons (Fsp3) is 0.400. The van der Waals surface area contributed by atoms with Gasteiger partial charge in [-0.15, -0.1) is 0 Å². The summed E-state index contributed by atoms with van der Waals surface area (Å²) in [4.78, 5) is 33.1. The van der Waals surface area contributed by atoms with Gasteiger partial charge in [0, 0.05) is 42.7 Å². The summed E-state index contributed by atoms with van der Waals surface area (Å²) in [6.07, 6.45) is 7.33. The second-order valence-electron chi connectivity index (χ2n) is 8.74. The summed E-state index contributed by atoms with van der Waals surface area (Å²) in [5.74, 6) is 1.66. The average molecular weight is 432 g/mol. The molecule has 4 rings (SSSR count). The smallest absolute Gasteiger partial charge is 0.148 e. The highest BCUT2D eigenvalue weighted by atomic mass is 16.5. The number of rotatable bonds is 6. The number of ether oxygens (including phenoxy) is 1. The molecule has 1 aromatic carbocycles. The Hall–Kier alpha value is -3.19. The molecular weight excluding hydrogens is 402 g/mol. The zero-order valence-corrected chi connectivity index (χ0v) is 19.1. The van der Waals surface area contributed by atoms with Crippen LogP contribution in [-0.2, 0) is 21.4 Å². The van der Waals surface area contributed by atoms with Crippen molar-refractivity contribution >= 4 is 11.6 Å². The lowest BCUT2D eigenvalue weighted by Gasteiger charge is -2.28. The number of Topliss-reactive ketones (excluding diaryl/α,β-unsaturated/α-hetero) is 1. The number of carbonyl (C=O) groups excluding carboxylic acids is 1. The predicted octanol–water partition coefficient (Wildman–Crippen LogP) is 3.48. The molecule has 7 nitrogen and oxygen atoms in total. The molecular formula is C25H29N5O2. The third-order valence-electron chi connectivity index (χ3n) is 6.06. The molecule has 3 heterocycles. The van der Waals surface area contributed by atoms with Gasteiger partial charge in [-0.2, -0.15) is 0 Å². The van der Waals surface area contributed by atoms with Gasteiger partial charge in [0.25, 0.3) is 0 Å². The molecule has 32 heavy (non-hydrogen) atoms. The van der Waals surface area contributed by atoms with Gasteiger partial charge in [0.2, 0.25) is 0 Å². The molecule has 166 valence electrons. The van der Waals surface area contributed by atoms with Crippen LogP contribution in [0.15, 0.2) is 43.0 Å². The first-order valence-electron chi connectivity index (χ1n) is 10.9. The van der Waals surface area contributed by atoms with Crippen molar-refractivity contribution in [1.82, 2.24) is 19.9 Å². The fourth-order valence-corrected chi connectivity index (χ4v) is 4.05. The topological polar surface area (TPSA) is 81.1 Å². The number of anilines is 1. The minimum absolute atomic E-state index is 0.112. The van der Waals surface area contributed by atoms with Crippen LogP contribution in [0.3, 0.4) is 0 Å². The van der Waals surface area contributed by atoms with E-state index in [1.54, 1.807) is 12.4 Å². The normalized spacial score (nSPS) is 14.4. The van der Waals surface area contributed by atoms with E-state index in [1.807, 2.05) is 52.2 Å². The maximum atomic E-state index is 13.3. The first-order chi connectivity index (χ1) is 15.3. The lowest BCUT2D eigenvalue weighted by atomic mass is 9.76. The van der Waals surface area contributed by atoms with Gasteiger partial charge < -0.3 is 9.64 Å². The first-order valence-corrected chi connectivity index (χ1v) is 10.9. The molecule has 2 aromatic heterocycles. The van der Waals surface area contributed by atoms with Crippen LogP contribution in [0.2, 0.25) is 0 Å². The molecule has 0 N–H and O–H groups in total. The number of aromatic nitrogens is 4. The lowest BCUT2D eigenvalue weighted by Crippen LogP contribution is -2.37. The third kappa shape index (κ3) is 4.67. The van der Waals surface area contributed by atoms with E-state index in [-0.39, 0.29) is 12.2 Å². The van der Waals surface area contributed by atoms with Crippen molar-refractivity contribution in [2.75, 3.05) is 31.2 Å². The van der Waals surface area contributed by atoms with Crippen LogP contribution in [0.25, 0.3) is 11.1 Å². The van der Waals surface area contributed by atoms with E-state index < -0.39 is 5.41 Å². The lowest BCUT2D eigenvalue weighted by molar-refractivity contribution is -0.122. The Labute approximate surface area is 188 Å². The van der Waals surface area contributed by atoms with Crippen molar-refractivity contribution in [3.63, 3.8) is 0 Å². The van der Waals surface area contributed by atoms with Crippen molar-refractivity contribution in [1.29, 1.82) is 0 Å². The Morgan fingerprint density at radius 3 is 2.44 bits per heavy atom. The molecule has 0 radical (unpaired) electrons. The Kier molecular flexibility index (Phi) is 6.28. The van der Waals surface area contributed by atoms with Crippen LogP contribution in [0.5, 0.6) is 0 Å². The van der Waals surface area contributed by atoms with E-state index in [9.17, 15) is 4.79 Å². The van der Waals surface area contributed by atoms with Gasteiger partial charge >= 0.3 is 0 Å². The Bertz CT molecular complexity index is 1110. The van der Waals surface area contributed by atoms with E-state index in [0.717, 1.165) is 47.0 Å². The Morgan fingerprint density at radius 1 is 1.03 bits per heavy atom. The molecule has 3 aromatic rings. The van der Waals surface area contributed by atoms with E-state index >= 15 is 0 Å². The van der Waals surface area contributed by atoms with Crippen molar-refractivity contribution in [3.8, 4) is 11.1 Å². The second-order valence-corrected chi connectivity index (χ2v) is 8.74. The molecule has 0 bridgehead atoms. The summed E-state index contributed by atoms with van der Waals surface area (Å²) >= 11 is 0. The highest BCUT2D eigenvalue weighted by molar-refractivity contribution is 5.91. The molecule has 0 aliphatic carbocycles. The molecule has 1 fully saturated rings. The molecule has 0 spiro atoms. The van der Waals surface area contributed by atoms with Crippen molar-refractivity contribution in [3.05, 3.63) is 65.6 Å². The van der Waals surface area contributed by atoms with Crippen molar-refractivity contribution < 1.29 is 9.53 Å². The Balaban J connectivity index is 1.53.